The molecule has 0 bridgehead atoms. The number of hydrogen-bond donors (Lipinski definition) is 1. The van der Waals surface area contributed by atoms with Crippen molar-refractivity contribution in [3.63, 3.8) is 0 Å². The number of aromatic nitrogens is 2. The number of hydrogen-bond acceptors (Lipinski definition) is 7. The van der Waals surface area contributed by atoms with Gasteiger partial charge in [-0.1, -0.05) is 18.7 Å². The smallest absolute Gasteiger partial charge is 0.344 e. The molecule has 0 unspecified atom stereocenters. The lowest BCUT2D eigenvalue weighted by Crippen LogP contribution is -2.59. The third-order valence-electron chi connectivity index (χ3n) is 9.71. The van der Waals surface area contributed by atoms with Crippen LogP contribution < -0.4 is 10.2 Å². The molecular weight excluding hydrogens is 538 g/mol. The molecule has 0 radical (unpaired) electrons. The summed E-state index contributed by atoms with van der Waals surface area (Å²) in [6.45, 7) is 14.4. The van der Waals surface area contributed by atoms with Crippen molar-refractivity contribution < 1.29 is 13.2 Å². The number of amides is 1. The molecule has 2 aromatic rings. The second-order valence-electron chi connectivity index (χ2n) is 12.9. The number of piperidine rings is 1. The van der Waals surface area contributed by atoms with Crippen LogP contribution in [0.15, 0.2) is 42.7 Å². The van der Waals surface area contributed by atoms with E-state index in [1.165, 1.54) is 40.6 Å². The lowest BCUT2D eigenvalue weighted by atomic mass is 9.81. The van der Waals surface area contributed by atoms with Crippen LogP contribution in [-0.4, -0.2) is 95.9 Å². The van der Waals surface area contributed by atoms with Crippen molar-refractivity contribution in [2.24, 2.45) is 5.41 Å². The van der Waals surface area contributed by atoms with E-state index in [2.05, 4.69) is 51.9 Å². The fourth-order valence-corrected chi connectivity index (χ4v) is 8.44. The van der Waals surface area contributed by atoms with Crippen LogP contribution in [0, 0.1) is 12.3 Å². The maximum Gasteiger partial charge on any atom is 0.344 e. The average Bonchev–Trinajstić information content (AvgIpc) is 3.63. The van der Waals surface area contributed by atoms with E-state index < -0.39 is 10.0 Å². The topological polar surface area (TPSA) is 94.0 Å². The highest BCUT2D eigenvalue weighted by atomic mass is 32.2. The van der Waals surface area contributed by atoms with Gasteiger partial charge in [0, 0.05) is 80.4 Å². The first-order valence-electron chi connectivity index (χ1n) is 14.8. The van der Waals surface area contributed by atoms with E-state index in [0.717, 1.165) is 64.2 Å². The van der Waals surface area contributed by atoms with E-state index in [0.29, 0.717) is 18.9 Å². The van der Waals surface area contributed by atoms with E-state index >= 15 is 0 Å². The molecule has 5 heterocycles. The SMILES string of the molecule is C=C(C)Nc1ccn(C(=O)N2CCC3(CCCN3Cc3ccc(C)cc3N3CCC4(C3)CN(S(C)(=O)=O)C4)CC2)n1. The summed E-state index contributed by atoms with van der Waals surface area (Å²) < 4.78 is 27.0. The third kappa shape index (κ3) is 5.51. The van der Waals surface area contributed by atoms with Gasteiger partial charge in [-0.05, 0) is 69.7 Å². The summed E-state index contributed by atoms with van der Waals surface area (Å²) in [7, 11) is -3.11. The molecule has 1 N–H and O–H groups in total. The molecule has 0 atom stereocenters. The van der Waals surface area contributed by atoms with Crippen molar-refractivity contribution in [1.29, 1.82) is 0 Å². The van der Waals surface area contributed by atoms with Crippen LogP contribution >= 0.6 is 0 Å². The van der Waals surface area contributed by atoms with Crippen LogP contribution in [0.4, 0.5) is 16.3 Å². The molecule has 1 amide bonds. The summed E-state index contributed by atoms with van der Waals surface area (Å²) in [6.07, 6.45) is 8.33. The Kier molecular flexibility index (Phi) is 7.18. The summed E-state index contributed by atoms with van der Waals surface area (Å²) >= 11 is 0. The van der Waals surface area contributed by atoms with Gasteiger partial charge in [0.25, 0.3) is 0 Å². The first-order chi connectivity index (χ1) is 19.5. The number of allylic oxidation sites excluding steroid dienone is 1. The first-order valence-corrected chi connectivity index (χ1v) is 16.6. The Hall–Kier alpha value is -2.89. The molecule has 1 aromatic heterocycles. The number of sulfonamides is 1. The van der Waals surface area contributed by atoms with Gasteiger partial charge in [-0.2, -0.15) is 4.68 Å². The van der Waals surface area contributed by atoms with Crippen molar-refractivity contribution in [2.75, 3.05) is 62.3 Å². The number of likely N-dealkylation sites (tertiary alicyclic amines) is 2. The number of aryl methyl sites for hydroxylation is 1. The Bertz CT molecular complexity index is 1440. The summed E-state index contributed by atoms with van der Waals surface area (Å²) in [5.41, 5.74) is 4.87. The minimum absolute atomic E-state index is 0.0756. The Labute approximate surface area is 244 Å². The van der Waals surface area contributed by atoms with Gasteiger partial charge in [0.2, 0.25) is 10.0 Å². The second-order valence-corrected chi connectivity index (χ2v) is 14.9. The molecule has 4 aliphatic heterocycles. The number of carbonyl (C=O) groups is 1. The highest BCUT2D eigenvalue weighted by Gasteiger charge is 2.51. The summed E-state index contributed by atoms with van der Waals surface area (Å²) in [5, 5.41) is 7.45. The number of nitrogens with one attached hydrogen (secondary N) is 1. The van der Waals surface area contributed by atoms with Crippen molar-refractivity contribution >= 4 is 27.6 Å². The van der Waals surface area contributed by atoms with Gasteiger partial charge < -0.3 is 15.1 Å². The average molecular weight is 582 g/mol. The number of nitrogens with zero attached hydrogens (tertiary/aromatic N) is 6. The van der Waals surface area contributed by atoms with E-state index in [9.17, 15) is 13.2 Å². The van der Waals surface area contributed by atoms with Gasteiger partial charge in [0.1, 0.15) is 0 Å². The third-order valence-corrected chi connectivity index (χ3v) is 10.9. The largest absolute Gasteiger partial charge is 0.371 e. The van der Waals surface area contributed by atoms with Gasteiger partial charge >= 0.3 is 6.03 Å². The van der Waals surface area contributed by atoms with E-state index in [1.807, 2.05) is 11.8 Å². The highest BCUT2D eigenvalue weighted by Crippen LogP contribution is 2.44. The highest BCUT2D eigenvalue weighted by molar-refractivity contribution is 7.88. The lowest BCUT2D eigenvalue weighted by molar-refractivity contribution is 0.0585. The molecule has 10 nitrogen and oxygen atoms in total. The number of carbonyl (C=O) groups excluding carboxylic acids is 1. The molecule has 1 aromatic carbocycles. The molecule has 6 rings (SSSR count). The molecule has 0 saturated carbocycles. The standard InChI is InChI=1S/C30H43N7O3S/c1-23(2)31-27-8-14-37(32-27)28(38)33-16-11-30(12-17-33)9-5-13-35(30)19-25-7-6-24(3)18-26(25)34-15-10-29(20-34)21-36(22-29)41(4,39)40/h6-8,14,18H,1,5,9-13,15-17,19-22H2,2-4H3,(H,31,32). The normalized spacial score (nSPS) is 22.4. The fraction of sp³-hybridized carbons (Fsp3) is 0.600. The second kappa shape index (κ2) is 10.4. The number of rotatable bonds is 6. The quantitative estimate of drug-likeness (QED) is 0.556. The van der Waals surface area contributed by atoms with E-state index in [1.54, 1.807) is 16.6 Å². The first kappa shape index (κ1) is 28.2. The number of anilines is 2. The Morgan fingerprint density at radius 2 is 1.80 bits per heavy atom. The summed E-state index contributed by atoms with van der Waals surface area (Å²) in [6, 6.07) is 8.54. The minimum Gasteiger partial charge on any atom is -0.371 e. The zero-order valence-corrected chi connectivity index (χ0v) is 25.4. The summed E-state index contributed by atoms with van der Waals surface area (Å²) in [4.78, 5) is 20.3. The van der Waals surface area contributed by atoms with Crippen LogP contribution in [0.5, 0.6) is 0 Å². The lowest BCUT2D eigenvalue weighted by Gasteiger charge is -2.46. The van der Waals surface area contributed by atoms with Crippen LogP contribution in [0.25, 0.3) is 0 Å². The maximum atomic E-state index is 13.2. The molecule has 41 heavy (non-hydrogen) atoms. The van der Waals surface area contributed by atoms with Crippen molar-refractivity contribution in [1.82, 2.24) is 23.9 Å². The predicted octanol–water partition coefficient (Wildman–Crippen LogP) is 3.71. The Morgan fingerprint density at radius 3 is 2.51 bits per heavy atom. The molecule has 4 fully saturated rings. The molecule has 222 valence electrons. The van der Waals surface area contributed by atoms with Crippen LogP contribution in [0.3, 0.4) is 0 Å². The Morgan fingerprint density at radius 1 is 1.05 bits per heavy atom. The number of benzene rings is 1. The minimum atomic E-state index is -3.11. The van der Waals surface area contributed by atoms with Gasteiger partial charge in [-0.3, -0.25) is 4.90 Å². The molecule has 11 heteroatoms. The van der Waals surface area contributed by atoms with Crippen molar-refractivity contribution in [3.8, 4) is 0 Å². The van der Waals surface area contributed by atoms with Crippen LogP contribution in [0.1, 0.15) is 50.2 Å². The van der Waals surface area contributed by atoms with Crippen LogP contribution in [0.2, 0.25) is 0 Å². The molecule has 0 aliphatic carbocycles. The zero-order chi connectivity index (χ0) is 29.0. The van der Waals surface area contributed by atoms with E-state index in [-0.39, 0.29) is 17.0 Å². The predicted molar refractivity (Wildman–Crippen MR) is 161 cm³/mol. The van der Waals surface area contributed by atoms with Crippen molar-refractivity contribution in [3.05, 3.63) is 53.9 Å². The van der Waals surface area contributed by atoms with Gasteiger partial charge in [0.15, 0.2) is 5.82 Å². The fourth-order valence-electron chi connectivity index (χ4n) is 7.42. The molecular formula is C30H43N7O3S. The van der Waals surface area contributed by atoms with Gasteiger partial charge in [-0.15, -0.1) is 5.10 Å². The van der Waals surface area contributed by atoms with Gasteiger partial charge in [0.05, 0.1) is 6.26 Å². The molecule has 4 aliphatic rings. The van der Waals surface area contributed by atoms with Gasteiger partial charge in [-0.25, -0.2) is 17.5 Å². The molecule has 2 spiro atoms. The zero-order valence-electron chi connectivity index (χ0n) is 24.6. The monoisotopic (exact) mass is 581 g/mol. The van der Waals surface area contributed by atoms with Crippen LogP contribution in [-0.2, 0) is 16.6 Å². The van der Waals surface area contributed by atoms with E-state index in [4.69, 9.17) is 0 Å². The van der Waals surface area contributed by atoms with Crippen molar-refractivity contribution in [2.45, 2.75) is 58.0 Å². The Balaban J connectivity index is 1.12. The molecule has 4 saturated heterocycles. The summed E-state index contributed by atoms with van der Waals surface area (Å²) in [5.74, 6) is 0.629. The maximum absolute atomic E-state index is 13.2.